The third-order valence-electron chi connectivity index (χ3n) is 3.72. The van der Waals surface area contributed by atoms with Gasteiger partial charge in [-0.05, 0) is 31.1 Å². The van der Waals surface area contributed by atoms with Crippen LogP contribution in [0.2, 0.25) is 0 Å². The highest BCUT2D eigenvalue weighted by atomic mass is 32.2. The first-order valence-corrected chi connectivity index (χ1v) is 9.06. The molecule has 0 bridgehead atoms. The lowest BCUT2D eigenvalue weighted by molar-refractivity contribution is -0.150. The highest BCUT2D eigenvalue weighted by Crippen LogP contribution is 2.17. The van der Waals surface area contributed by atoms with E-state index in [1.807, 2.05) is 31.2 Å². The second-order valence-corrected chi connectivity index (χ2v) is 6.59. The summed E-state index contributed by atoms with van der Waals surface area (Å²) in [5.41, 5.74) is 1.91. The summed E-state index contributed by atoms with van der Waals surface area (Å²) in [6.07, 6.45) is 1.92. The van der Waals surface area contributed by atoms with Gasteiger partial charge in [-0.25, -0.2) is 4.79 Å². The molecule has 7 nitrogen and oxygen atoms in total. The number of carbonyl (C=O) groups is 4. The number of amides is 3. The number of carbonyl (C=O) groups excluding carboxylic acids is 4. The summed E-state index contributed by atoms with van der Waals surface area (Å²) in [5.74, 6) is -1.25. The van der Waals surface area contributed by atoms with Gasteiger partial charge in [0.25, 0.3) is 11.1 Å². The number of nitrogens with zero attached hydrogens (tertiary/aromatic N) is 1. The number of rotatable bonds is 7. The molecule has 1 atom stereocenters. The second kappa shape index (κ2) is 9.19. The lowest BCUT2D eigenvalue weighted by Gasteiger charge is -2.15. The Bertz CT molecular complexity index is 731. The molecule has 0 aliphatic carbocycles. The van der Waals surface area contributed by atoms with Crippen LogP contribution in [0.3, 0.4) is 0 Å². The summed E-state index contributed by atoms with van der Waals surface area (Å²) in [6.45, 7) is 3.59. The molecular formula is C18H20N2O5S. The van der Waals surface area contributed by atoms with Crippen LogP contribution in [-0.2, 0) is 19.1 Å². The maximum Gasteiger partial charge on any atom is 0.331 e. The van der Waals surface area contributed by atoms with Crippen molar-refractivity contribution >= 4 is 40.9 Å². The lowest BCUT2D eigenvalue weighted by Crippen LogP contribution is -2.41. The fourth-order valence-corrected chi connectivity index (χ4v) is 2.98. The quantitative estimate of drug-likeness (QED) is 0.576. The molecule has 8 heteroatoms. The fraction of sp³-hybridized carbons (Fsp3) is 0.333. The number of ether oxygens (including phenoxy) is 1. The first-order chi connectivity index (χ1) is 12.4. The summed E-state index contributed by atoms with van der Waals surface area (Å²) in [6, 6.07) is 7.56. The first kappa shape index (κ1) is 19.7. The molecule has 0 saturated carbocycles. The van der Waals surface area contributed by atoms with E-state index in [2.05, 4.69) is 5.32 Å². The zero-order valence-electron chi connectivity index (χ0n) is 14.6. The molecule has 1 N–H and O–H groups in total. The predicted molar refractivity (Wildman–Crippen MR) is 98.3 cm³/mol. The number of hydrogen-bond donors (Lipinski definition) is 1. The van der Waals surface area contributed by atoms with Gasteiger partial charge in [-0.15, -0.1) is 0 Å². The molecule has 0 aromatic heterocycles. The maximum absolute atomic E-state index is 11.9. The Labute approximate surface area is 155 Å². The van der Waals surface area contributed by atoms with Crippen molar-refractivity contribution in [2.24, 2.45) is 0 Å². The molecule has 1 aliphatic heterocycles. The van der Waals surface area contributed by atoms with Crippen LogP contribution in [0.1, 0.15) is 18.1 Å². The van der Waals surface area contributed by atoms with Crippen molar-refractivity contribution < 1.29 is 23.9 Å². The third kappa shape index (κ3) is 5.45. The van der Waals surface area contributed by atoms with Gasteiger partial charge < -0.3 is 10.1 Å². The zero-order chi connectivity index (χ0) is 19.1. The molecule has 3 amide bonds. The van der Waals surface area contributed by atoms with Crippen molar-refractivity contribution in [2.75, 3.05) is 18.8 Å². The smallest absolute Gasteiger partial charge is 0.331 e. The Morgan fingerprint density at radius 1 is 1.35 bits per heavy atom. The van der Waals surface area contributed by atoms with Crippen LogP contribution in [0, 0.1) is 6.92 Å². The molecule has 1 saturated heterocycles. The van der Waals surface area contributed by atoms with E-state index in [1.54, 1.807) is 6.08 Å². The Morgan fingerprint density at radius 3 is 2.73 bits per heavy atom. The number of thioether (sulfide) groups is 1. The van der Waals surface area contributed by atoms with E-state index in [-0.39, 0.29) is 30.0 Å². The highest BCUT2D eigenvalue weighted by Gasteiger charge is 2.29. The van der Waals surface area contributed by atoms with Gasteiger partial charge in [-0.3, -0.25) is 19.3 Å². The standard InChI is InChI=1S/C18H20N2O5S/c1-12-5-3-4-6-14(12)7-8-16(22)25-13(2)17(23)19-9-10-20-15(21)11-26-18(20)24/h3-8,13H,9-11H2,1-2H3,(H,19,23)/b8-7+/t13-/m0/s1. The number of hydrogen-bond acceptors (Lipinski definition) is 6. The van der Waals surface area contributed by atoms with Crippen LogP contribution in [-0.4, -0.2) is 52.9 Å². The van der Waals surface area contributed by atoms with Crippen LogP contribution in [0.25, 0.3) is 6.08 Å². The zero-order valence-corrected chi connectivity index (χ0v) is 15.4. The number of nitrogens with one attached hydrogen (secondary N) is 1. The van der Waals surface area contributed by atoms with Crippen LogP contribution < -0.4 is 5.32 Å². The Kier molecular flexibility index (Phi) is 6.97. The van der Waals surface area contributed by atoms with Crippen LogP contribution >= 0.6 is 11.8 Å². The molecule has 0 unspecified atom stereocenters. The molecule has 138 valence electrons. The molecule has 0 spiro atoms. The first-order valence-electron chi connectivity index (χ1n) is 8.07. The van der Waals surface area contributed by atoms with E-state index in [0.29, 0.717) is 0 Å². The van der Waals surface area contributed by atoms with Crippen LogP contribution in [0.4, 0.5) is 4.79 Å². The summed E-state index contributed by atoms with van der Waals surface area (Å²) < 4.78 is 5.05. The minimum absolute atomic E-state index is 0.101. The van der Waals surface area contributed by atoms with Crippen molar-refractivity contribution in [3.63, 3.8) is 0 Å². The molecule has 1 aromatic rings. The van der Waals surface area contributed by atoms with Gasteiger partial charge in [0, 0.05) is 19.2 Å². The van der Waals surface area contributed by atoms with Crippen LogP contribution in [0.5, 0.6) is 0 Å². The normalized spacial score (nSPS) is 15.4. The van der Waals surface area contributed by atoms with E-state index in [4.69, 9.17) is 4.74 Å². The predicted octanol–water partition coefficient (Wildman–Crippen LogP) is 1.75. The molecule has 1 fully saturated rings. The maximum atomic E-state index is 11.9. The number of esters is 1. The summed E-state index contributed by atoms with van der Waals surface area (Å²) in [5, 5.41) is 2.23. The minimum atomic E-state index is -0.983. The molecular weight excluding hydrogens is 356 g/mol. The van der Waals surface area contributed by atoms with Gasteiger partial charge in [-0.2, -0.15) is 0 Å². The summed E-state index contributed by atoms with van der Waals surface area (Å²) in [4.78, 5) is 47.7. The topological polar surface area (TPSA) is 92.8 Å². The third-order valence-corrected chi connectivity index (χ3v) is 4.58. The highest BCUT2D eigenvalue weighted by molar-refractivity contribution is 8.14. The SMILES string of the molecule is Cc1ccccc1/C=C/C(=O)O[C@@H](C)C(=O)NCCN1C(=O)CSC1=O. The van der Waals surface area contributed by atoms with Gasteiger partial charge >= 0.3 is 5.97 Å². The van der Waals surface area contributed by atoms with Gasteiger partial charge in [-0.1, -0.05) is 36.0 Å². The van der Waals surface area contributed by atoms with Gasteiger partial charge in [0.05, 0.1) is 5.75 Å². The Morgan fingerprint density at radius 2 is 2.08 bits per heavy atom. The summed E-state index contributed by atoms with van der Waals surface area (Å²) in [7, 11) is 0. The lowest BCUT2D eigenvalue weighted by atomic mass is 10.1. The van der Waals surface area contributed by atoms with E-state index in [1.165, 1.54) is 13.0 Å². The average Bonchev–Trinajstić information content (AvgIpc) is 2.92. The Balaban J connectivity index is 1.75. The molecule has 1 heterocycles. The summed E-state index contributed by atoms with van der Waals surface area (Å²) >= 11 is 0.939. The van der Waals surface area contributed by atoms with E-state index in [0.717, 1.165) is 27.8 Å². The monoisotopic (exact) mass is 376 g/mol. The van der Waals surface area contributed by atoms with Gasteiger partial charge in [0.1, 0.15) is 0 Å². The van der Waals surface area contributed by atoms with Gasteiger partial charge in [0.2, 0.25) is 5.91 Å². The van der Waals surface area contributed by atoms with E-state index >= 15 is 0 Å². The molecule has 2 rings (SSSR count). The molecule has 1 aliphatic rings. The van der Waals surface area contributed by atoms with Crippen molar-refractivity contribution in [3.05, 3.63) is 41.5 Å². The fourth-order valence-electron chi connectivity index (χ4n) is 2.23. The second-order valence-electron chi connectivity index (χ2n) is 5.66. The molecule has 26 heavy (non-hydrogen) atoms. The largest absolute Gasteiger partial charge is 0.449 e. The van der Waals surface area contributed by atoms with Crippen molar-refractivity contribution in [3.8, 4) is 0 Å². The Hall–Kier alpha value is -2.61. The van der Waals surface area contributed by atoms with Crippen molar-refractivity contribution in [1.29, 1.82) is 0 Å². The minimum Gasteiger partial charge on any atom is -0.449 e. The average molecular weight is 376 g/mol. The number of aryl methyl sites for hydroxylation is 1. The molecule has 1 aromatic carbocycles. The molecule has 0 radical (unpaired) electrons. The van der Waals surface area contributed by atoms with Crippen LogP contribution in [0.15, 0.2) is 30.3 Å². The van der Waals surface area contributed by atoms with Crippen molar-refractivity contribution in [2.45, 2.75) is 20.0 Å². The van der Waals surface area contributed by atoms with Gasteiger partial charge in [0.15, 0.2) is 6.10 Å². The number of benzene rings is 1. The van der Waals surface area contributed by atoms with E-state index in [9.17, 15) is 19.2 Å². The van der Waals surface area contributed by atoms with Crippen molar-refractivity contribution in [1.82, 2.24) is 10.2 Å². The number of imide groups is 1. The van der Waals surface area contributed by atoms with E-state index < -0.39 is 18.0 Å².